The van der Waals surface area contributed by atoms with Crippen LogP contribution >= 0.6 is 0 Å². The van der Waals surface area contributed by atoms with E-state index in [1.54, 1.807) is 0 Å². The lowest BCUT2D eigenvalue weighted by Crippen LogP contribution is -2.29. The highest BCUT2D eigenvalue weighted by molar-refractivity contribution is 5.77. The summed E-state index contributed by atoms with van der Waals surface area (Å²) in [6.07, 6.45) is 0.401. The molecule has 2 aromatic carbocycles. The lowest BCUT2D eigenvalue weighted by Gasteiger charge is -2.17. The van der Waals surface area contributed by atoms with Crippen molar-refractivity contribution in [3.8, 4) is 0 Å². The van der Waals surface area contributed by atoms with Gasteiger partial charge in [-0.25, -0.2) is 5.90 Å². The molecule has 0 aliphatic carbocycles. The predicted octanol–water partition coefficient (Wildman–Crippen LogP) is 2.22. The van der Waals surface area contributed by atoms with Gasteiger partial charge < -0.3 is 10.2 Å². The molecule has 0 atom stereocenters. The first kappa shape index (κ1) is 15.2. The van der Waals surface area contributed by atoms with Gasteiger partial charge in [-0.3, -0.25) is 4.79 Å². The van der Waals surface area contributed by atoms with E-state index in [0.29, 0.717) is 19.6 Å². The third-order valence-corrected chi connectivity index (χ3v) is 3.34. The molecular weight excluding hydrogens is 264 g/mol. The van der Waals surface area contributed by atoms with Crippen molar-refractivity contribution in [2.24, 2.45) is 5.90 Å². The Morgan fingerprint density at radius 1 is 1.00 bits per heavy atom. The van der Waals surface area contributed by atoms with Crippen molar-refractivity contribution in [3.05, 3.63) is 71.8 Å². The third-order valence-electron chi connectivity index (χ3n) is 3.34. The Labute approximate surface area is 124 Å². The molecule has 21 heavy (non-hydrogen) atoms. The van der Waals surface area contributed by atoms with Crippen molar-refractivity contribution >= 4 is 5.91 Å². The molecule has 0 unspecified atom stereocenters. The van der Waals surface area contributed by atoms with Gasteiger partial charge in [0, 0.05) is 18.9 Å². The van der Waals surface area contributed by atoms with Crippen LogP contribution in [0.15, 0.2) is 60.7 Å². The van der Waals surface area contributed by atoms with E-state index in [9.17, 15) is 4.79 Å². The third kappa shape index (κ3) is 4.70. The molecule has 110 valence electrons. The molecule has 0 aliphatic heterocycles. The van der Waals surface area contributed by atoms with E-state index >= 15 is 0 Å². The molecule has 3 N–H and O–H groups in total. The molecule has 0 spiro atoms. The Balaban J connectivity index is 2.12. The molecule has 4 heteroatoms. The van der Waals surface area contributed by atoms with Gasteiger partial charge in [-0.2, -0.15) is 0 Å². The molecule has 0 aromatic heterocycles. The lowest BCUT2D eigenvalue weighted by molar-refractivity contribution is -0.121. The highest BCUT2D eigenvalue weighted by Gasteiger charge is 2.17. The van der Waals surface area contributed by atoms with Crippen molar-refractivity contribution in [3.63, 3.8) is 0 Å². The summed E-state index contributed by atoms with van der Waals surface area (Å²) in [6, 6.07) is 20.1. The number of nitrogens with one attached hydrogen (secondary N) is 1. The van der Waals surface area contributed by atoms with Crippen molar-refractivity contribution < 1.29 is 9.63 Å². The number of hydrogen-bond donors (Lipinski definition) is 2. The van der Waals surface area contributed by atoms with Crippen LogP contribution in [0.1, 0.15) is 23.5 Å². The summed E-state index contributed by atoms with van der Waals surface area (Å²) in [7, 11) is 0. The van der Waals surface area contributed by atoms with Crippen LogP contribution in [0.4, 0.5) is 0 Å². The monoisotopic (exact) mass is 284 g/mol. The van der Waals surface area contributed by atoms with E-state index in [1.165, 1.54) is 0 Å². The summed E-state index contributed by atoms with van der Waals surface area (Å²) < 4.78 is 0. The Morgan fingerprint density at radius 3 is 2.00 bits per heavy atom. The van der Waals surface area contributed by atoms with Crippen LogP contribution in [-0.2, 0) is 9.63 Å². The summed E-state index contributed by atoms with van der Waals surface area (Å²) >= 11 is 0. The molecule has 0 heterocycles. The topological polar surface area (TPSA) is 64.3 Å². The van der Waals surface area contributed by atoms with E-state index < -0.39 is 0 Å². The minimum Gasteiger partial charge on any atom is -0.354 e. The van der Waals surface area contributed by atoms with Gasteiger partial charge in [0.05, 0.1) is 6.61 Å². The Kier molecular flexibility index (Phi) is 5.94. The first-order chi connectivity index (χ1) is 10.3. The molecule has 0 fully saturated rings. The van der Waals surface area contributed by atoms with Crippen molar-refractivity contribution in [1.82, 2.24) is 5.32 Å². The molecule has 0 saturated heterocycles. The van der Waals surface area contributed by atoms with Crippen molar-refractivity contribution in [1.29, 1.82) is 0 Å². The second-order valence-corrected chi connectivity index (χ2v) is 4.80. The van der Waals surface area contributed by atoms with E-state index in [-0.39, 0.29) is 11.8 Å². The summed E-state index contributed by atoms with van der Waals surface area (Å²) in [5.41, 5.74) is 2.27. The van der Waals surface area contributed by atoms with E-state index in [0.717, 1.165) is 11.1 Å². The van der Waals surface area contributed by atoms with E-state index in [1.807, 2.05) is 60.7 Å². The van der Waals surface area contributed by atoms with E-state index in [2.05, 4.69) is 10.2 Å². The van der Waals surface area contributed by atoms with Gasteiger partial charge in [0.1, 0.15) is 0 Å². The van der Waals surface area contributed by atoms with Gasteiger partial charge in [0.15, 0.2) is 0 Å². The van der Waals surface area contributed by atoms with Gasteiger partial charge in [0.2, 0.25) is 5.91 Å². The van der Waals surface area contributed by atoms with Crippen LogP contribution in [0, 0.1) is 0 Å². The summed E-state index contributed by atoms with van der Waals surface area (Å²) in [5, 5.41) is 2.81. The standard InChI is InChI=1S/C17H20N2O2/c18-21-12-11-19-17(20)13-16(14-7-3-1-4-8-14)15-9-5-2-6-10-15/h1-10,16H,11-13,18H2,(H,19,20). The van der Waals surface area contributed by atoms with Gasteiger partial charge >= 0.3 is 0 Å². The largest absolute Gasteiger partial charge is 0.354 e. The molecule has 1 amide bonds. The van der Waals surface area contributed by atoms with Crippen LogP contribution in [0.25, 0.3) is 0 Å². The predicted molar refractivity (Wildman–Crippen MR) is 82.5 cm³/mol. The molecule has 4 nitrogen and oxygen atoms in total. The lowest BCUT2D eigenvalue weighted by atomic mass is 9.88. The molecule has 0 saturated carbocycles. The zero-order valence-corrected chi connectivity index (χ0v) is 11.9. The van der Waals surface area contributed by atoms with Crippen LogP contribution in [0.2, 0.25) is 0 Å². The number of hydrogen-bond acceptors (Lipinski definition) is 3. The molecule has 0 radical (unpaired) electrons. The maximum Gasteiger partial charge on any atom is 0.221 e. The quantitative estimate of drug-likeness (QED) is 0.605. The van der Waals surface area contributed by atoms with Crippen LogP contribution in [0.5, 0.6) is 0 Å². The number of carbonyl (C=O) groups excluding carboxylic acids is 1. The zero-order valence-electron chi connectivity index (χ0n) is 11.9. The number of amides is 1. The number of benzene rings is 2. The Morgan fingerprint density at radius 2 is 1.52 bits per heavy atom. The minimum absolute atomic E-state index is 0.00949. The molecular formula is C17H20N2O2. The number of rotatable bonds is 7. The fourth-order valence-corrected chi connectivity index (χ4v) is 2.31. The smallest absolute Gasteiger partial charge is 0.221 e. The average Bonchev–Trinajstić information content (AvgIpc) is 2.54. The molecule has 2 aromatic rings. The van der Waals surface area contributed by atoms with E-state index in [4.69, 9.17) is 5.90 Å². The Bertz CT molecular complexity index is 504. The van der Waals surface area contributed by atoms with Crippen LogP contribution in [-0.4, -0.2) is 19.1 Å². The maximum atomic E-state index is 12.1. The highest BCUT2D eigenvalue weighted by Crippen LogP contribution is 2.27. The number of carbonyl (C=O) groups is 1. The summed E-state index contributed by atoms with van der Waals surface area (Å²) in [4.78, 5) is 16.5. The van der Waals surface area contributed by atoms with Crippen LogP contribution in [0.3, 0.4) is 0 Å². The normalized spacial score (nSPS) is 10.6. The second-order valence-electron chi connectivity index (χ2n) is 4.80. The second kappa shape index (κ2) is 8.19. The fourth-order valence-electron chi connectivity index (χ4n) is 2.31. The SMILES string of the molecule is NOCCNC(=O)CC(c1ccccc1)c1ccccc1. The molecule has 0 bridgehead atoms. The Hall–Kier alpha value is -2.17. The summed E-state index contributed by atoms with van der Waals surface area (Å²) in [6.45, 7) is 0.735. The summed E-state index contributed by atoms with van der Waals surface area (Å²) in [5.74, 6) is 4.98. The fraction of sp³-hybridized carbons (Fsp3) is 0.235. The first-order valence-corrected chi connectivity index (χ1v) is 6.99. The van der Waals surface area contributed by atoms with Gasteiger partial charge in [-0.1, -0.05) is 60.7 Å². The molecule has 2 rings (SSSR count). The number of nitrogens with two attached hydrogens (primary N) is 1. The average molecular weight is 284 g/mol. The van der Waals surface area contributed by atoms with Gasteiger partial charge in [-0.05, 0) is 11.1 Å². The maximum absolute atomic E-state index is 12.1. The van der Waals surface area contributed by atoms with Gasteiger partial charge in [0.25, 0.3) is 0 Å². The van der Waals surface area contributed by atoms with Gasteiger partial charge in [-0.15, -0.1) is 0 Å². The van der Waals surface area contributed by atoms with Crippen molar-refractivity contribution in [2.75, 3.05) is 13.2 Å². The van der Waals surface area contributed by atoms with Crippen molar-refractivity contribution in [2.45, 2.75) is 12.3 Å². The highest BCUT2D eigenvalue weighted by atomic mass is 16.6. The van der Waals surface area contributed by atoms with Crippen LogP contribution < -0.4 is 11.2 Å². The molecule has 0 aliphatic rings. The first-order valence-electron chi connectivity index (χ1n) is 6.99. The zero-order chi connectivity index (χ0) is 14.9. The minimum atomic E-state index is -0.00949.